The third kappa shape index (κ3) is 13.7. The van der Waals surface area contributed by atoms with Crippen LogP contribution in [-0.4, -0.2) is 24.7 Å². The van der Waals surface area contributed by atoms with E-state index >= 15 is 0 Å². The molecule has 0 aliphatic rings. The summed E-state index contributed by atoms with van der Waals surface area (Å²) in [5.74, 6) is 0. The predicted molar refractivity (Wildman–Crippen MR) is 56.0 cm³/mol. The molecular formula is C11H21F3O2. The Bertz CT molecular complexity index is 149. The minimum Gasteiger partial charge on any atom is -0.396 e. The van der Waals surface area contributed by atoms with Gasteiger partial charge in [-0.1, -0.05) is 38.5 Å². The molecular weight excluding hydrogens is 221 g/mol. The molecule has 98 valence electrons. The fourth-order valence-electron chi connectivity index (χ4n) is 1.46. The van der Waals surface area contributed by atoms with E-state index in [0.29, 0.717) is 6.42 Å². The number of aliphatic hydroxyl groups excluding tert-OH is 1. The van der Waals surface area contributed by atoms with Crippen LogP contribution >= 0.6 is 0 Å². The van der Waals surface area contributed by atoms with Gasteiger partial charge in [0.15, 0.2) is 0 Å². The minimum atomic E-state index is -4.48. The Hall–Kier alpha value is -0.290. The zero-order chi connectivity index (χ0) is 12.3. The van der Waals surface area contributed by atoms with Gasteiger partial charge < -0.3 is 5.11 Å². The largest absolute Gasteiger partial charge is 0.522 e. The van der Waals surface area contributed by atoms with Crippen LogP contribution in [0.1, 0.15) is 51.4 Å². The average molecular weight is 242 g/mol. The minimum absolute atomic E-state index is 0.228. The summed E-state index contributed by atoms with van der Waals surface area (Å²) in [6.45, 7) is 0.0167. The summed E-state index contributed by atoms with van der Waals surface area (Å²) >= 11 is 0. The molecule has 0 amide bonds. The van der Waals surface area contributed by atoms with Crippen molar-refractivity contribution in [2.24, 2.45) is 0 Å². The van der Waals surface area contributed by atoms with Gasteiger partial charge in [0.05, 0.1) is 6.61 Å². The molecule has 1 N–H and O–H groups in total. The first-order valence-electron chi connectivity index (χ1n) is 5.88. The molecule has 0 atom stereocenters. The standard InChI is InChI=1S/C11H21F3O2/c12-11(13,14)16-10-8-6-4-2-1-3-5-7-9-15/h15H,1-10H2. The summed E-state index contributed by atoms with van der Waals surface area (Å²) in [5, 5.41) is 8.53. The number of hydrogen-bond donors (Lipinski definition) is 1. The molecule has 0 aliphatic heterocycles. The first-order valence-corrected chi connectivity index (χ1v) is 5.88. The van der Waals surface area contributed by atoms with E-state index in [1.54, 1.807) is 0 Å². The third-order valence-corrected chi connectivity index (χ3v) is 2.32. The summed E-state index contributed by atoms with van der Waals surface area (Å²) in [4.78, 5) is 0. The Morgan fingerprint density at radius 1 is 0.750 bits per heavy atom. The van der Waals surface area contributed by atoms with Gasteiger partial charge in [0.1, 0.15) is 0 Å². The normalized spacial score (nSPS) is 12.0. The fraction of sp³-hybridized carbons (Fsp3) is 1.00. The van der Waals surface area contributed by atoms with Crippen molar-refractivity contribution in [2.45, 2.75) is 57.7 Å². The van der Waals surface area contributed by atoms with Crippen LogP contribution in [0.2, 0.25) is 0 Å². The predicted octanol–water partition coefficient (Wildman–Crippen LogP) is 3.64. The molecule has 5 heteroatoms. The van der Waals surface area contributed by atoms with Crippen molar-refractivity contribution in [2.75, 3.05) is 13.2 Å². The Kier molecular flexibility index (Phi) is 9.72. The van der Waals surface area contributed by atoms with Crippen molar-refractivity contribution in [3.05, 3.63) is 0 Å². The van der Waals surface area contributed by atoms with E-state index in [1.807, 2.05) is 0 Å². The van der Waals surface area contributed by atoms with Crippen LogP contribution in [0, 0.1) is 0 Å². The summed E-state index contributed by atoms with van der Waals surface area (Å²) in [7, 11) is 0. The molecule has 0 aliphatic carbocycles. The van der Waals surface area contributed by atoms with E-state index in [4.69, 9.17) is 5.11 Å². The summed E-state index contributed by atoms with van der Waals surface area (Å²) < 4.78 is 38.3. The number of alkyl halides is 3. The number of ether oxygens (including phenoxy) is 1. The van der Waals surface area contributed by atoms with Crippen molar-refractivity contribution in [3.63, 3.8) is 0 Å². The molecule has 0 saturated carbocycles. The van der Waals surface area contributed by atoms with Crippen LogP contribution in [-0.2, 0) is 4.74 Å². The van der Waals surface area contributed by atoms with Crippen molar-refractivity contribution in [1.82, 2.24) is 0 Å². The van der Waals surface area contributed by atoms with Gasteiger partial charge in [-0.2, -0.15) is 0 Å². The Morgan fingerprint density at radius 3 is 1.62 bits per heavy atom. The maximum Gasteiger partial charge on any atom is 0.522 e. The van der Waals surface area contributed by atoms with Gasteiger partial charge in [0.2, 0.25) is 0 Å². The molecule has 0 rings (SSSR count). The Balaban J connectivity index is 2.99. The number of hydrogen-bond acceptors (Lipinski definition) is 2. The summed E-state index contributed by atoms with van der Waals surface area (Å²) in [6, 6.07) is 0. The number of rotatable bonds is 10. The second-order valence-electron chi connectivity index (χ2n) is 3.85. The Morgan fingerprint density at radius 2 is 1.19 bits per heavy atom. The maximum atomic E-state index is 11.6. The molecule has 0 aromatic heterocycles. The lowest BCUT2D eigenvalue weighted by Crippen LogP contribution is -2.13. The van der Waals surface area contributed by atoms with Gasteiger partial charge in [0, 0.05) is 6.61 Å². The molecule has 0 fully saturated rings. The van der Waals surface area contributed by atoms with Crippen molar-refractivity contribution >= 4 is 0 Å². The van der Waals surface area contributed by atoms with Gasteiger partial charge in [-0.15, -0.1) is 13.2 Å². The maximum absolute atomic E-state index is 11.6. The summed E-state index contributed by atoms with van der Waals surface area (Å²) in [5.41, 5.74) is 0. The van der Waals surface area contributed by atoms with Gasteiger partial charge in [-0.3, -0.25) is 4.74 Å². The van der Waals surface area contributed by atoms with Gasteiger partial charge in [-0.05, 0) is 12.8 Å². The molecule has 2 nitrogen and oxygen atoms in total. The number of unbranched alkanes of at least 4 members (excludes halogenated alkanes) is 7. The monoisotopic (exact) mass is 242 g/mol. The van der Waals surface area contributed by atoms with Gasteiger partial charge in [0.25, 0.3) is 0 Å². The lowest BCUT2D eigenvalue weighted by molar-refractivity contribution is -0.324. The van der Waals surface area contributed by atoms with Crippen LogP contribution in [0.15, 0.2) is 0 Å². The second kappa shape index (κ2) is 9.90. The highest BCUT2D eigenvalue weighted by atomic mass is 19.4. The van der Waals surface area contributed by atoms with Crippen molar-refractivity contribution < 1.29 is 23.0 Å². The quantitative estimate of drug-likeness (QED) is 0.593. The second-order valence-corrected chi connectivity index (χ2v) is 3.85. The third-order valence-electron chi connectivity index (χ3n) is 2.32. The molecule has 0 radical (unpaired) electrons. The topological polar surface area (TPSA) is 29.5 Å². The van der Waals surface area contributed by atoms with E-state index < -0.39 is 6.36 Å². The smallest absolute Gasteiger partial charge is 0.396 e. The first kappa shape index (κ1) is 15.7. The van der Waals surface area contributed by atoms with Crippen molar-refractivity contribution in [1.29, 1.82) is 0 Å². The molecule has 16 heavy (non-hydrogen) atoms. The van der Waals surface area contributed by atoms with Crippen LogP contribution < -0.4 is 0 Å². The molecule has 0 saturated heterocycles. The average Bonchev–Trinajstić information content (AvgIpc) is 2.19. The van der Waals surface area contributed by atoms with Crippen molar-refractivity contribution in [3.8, 4) is 0 Å². The zero-order valence-corrected chi connectivity index (χ0v) is 9.56. The summed E-state index contributed by atoms with van der Waals surface area (Å²) in [6.07, 6.45) is 2.86. The highest BCUT2D eigenvalue weighted by Gasteiger charge is 2.28. The number of halogens is 3. The van der Waals surface area contributed by atoms with E-state index in [9.17, 15) is 13.2 Å². The Labute approximate surface area is 94.8 Å². The van der Waals surface area contributed by atoms with Crippen LogP contribution in [0.5, 0.6) is 0 Å². The van der Waals surface area contributed by atoms with E-state index in [2.05, 4.69) is 4.74 Å². The zero-order valence-electron chi connectivity index (χ0n) is 9.56. The molecule has 0 heterocycles. The molecule has 0 aromatic rings. The van der Waals surface area contributed by atoms with Crippen LogP contribution in [0.3, 0.4) is 0 Å². The van der Waals surface area contributed by atoms with E-state index in [1.165, 1.54) is 0 Å². The van der Waals surface area contributed by atoms with E-state index in [-0.39, 0.29) is 13.2 Å². The van der Waals surface area contributed by atoms with Gasteiger partial charge >= 0.3 is 6.36 Å². The highest BCUT2D eigenvalue weighted by molar-refractivity contribution is 4.46. The lowest BCUT2D eigenvalue weighted by atomic mass is 10.1. The van der Waals surface area contributed by atoms with Crippen LogP contribution in [0.25, 0.3) is 0 Å². The SMILES string of the molecule is OCCCCCCCCCCOC(F)(F)F. The van der Waals surface area contributed by atoms with Crippen LogP contribution in [0.4, 0.5) is 13.2 Å². The lowest BCUT2D eigenvalue weighted by Gasteiger charge is -2.06. The van der Waals surface area contributed by atoms with Gasteiger partial charge in [-0.25, -0.2) is 0 Å². The number of aliphatic hydroxyl groups is 1. The molecule has 0 spiro atoms. The highest BCUT2D eigenvalue weighted by Crippen LogP contribution is 2.17. The molecule has 0 unspecified atom stereocenters. The molecule has 0 aromatic carbocycles. The first-order chi connectivity index (χ1) is 7.56. The van der Waals surface area contributed by atoms with E-state index in [0.717, 1.165) is 44.9 Å². The molecule has 0 bridgehead atoms. The fourth-order valence-corrected chi connectivity index (χ4v) is 1.46.